The van der Waals surface area contributed by atoms with Gasteiger partial charge in [-0.3, -0.25) is 9.40 Å². The molecule has 0 aliphatic rings. The highest BCUT2D eigenvalue weighted by atomic mass is 32.2. The number of phenols is 1. The molecule has 0 atom stereocenters. The van der Waals surface area contributed by atoms with Crippen molar-refractivity contribution in [2.45, 2.75) is 4.90 Å². The summed E-state index contributed by atoms with van der Waals surface area (Å²) in [4.78, 5) is 10.6. The normalized spacial score (nSPS) is 11.2. The van der Waals surface area contributed by atoms with Gasteiger partial charge in [0.1, 0.15) is 17.1 Å². The molecule has 0 spiro atoms. The van der Waals surface area contributed by atoms with E-state index in [4.69, 9.17) is 5.11 Å². The van der Waals surface area contributed by atoms with Gasteiger partial charge in [0, 0.05) is 13.1 Å². The summed E-state index contributed by atoms with van der Waals surface area (Å²) in [6, 6.07) is 4.47. The molecular formula is C11H11N3O5S. The molecule has 0 saturated heterocycles. The molecule has 1 heterocycles. The van der Waals surface area contributed by atoms with E-state index in [2.05, 4.69) is 9.82 Å². The van der Waals surface area contributed by atoms with Gasteiger partial charge in [-0.25, -0.2) is 13.2 Å². The van der Waals surface area contributed by atoms with Gasteiger partial charge in [0.25, 0.3) is 10.0 Å². The van der Waals surface area contributed by atoms with Crippen molar-refractivity contribution in [2.24, 2.45) is 7.05 Å². The van der Waals surface area contributed by atoms with Crippen LogP contribution in [0.3, 0.4) is 0 Å². The van der Waals surface area contributed by atoms with E-state index in [0.717, 1.165) is 18.2 Å². The predicted molar refractivity (Wildman–Crippen MR) is 69.1 cm³/mol. The van der Waals surface area contributed by atoms with Gasteiger partial charge in [0.05, 0.1) is 11.1 Å². The Labute approximate surface area is 114 Å². The number of sulfonamides is 1. The molecule has 106 valence electrons. The first-order valence-corrected chi connectivity index (χ1v) is 6.87. The number of anilines is 1. The van der Waals surface area contributed by atoms with Gasteiger partial charge < -0.3 is 10.2 Å². The predicted octanol–water partition coefficient (Wildman–Crippen LogP) is 0.625. The topological polar surface area (TPSA) is 122 Å². The maximum Gasteiger partial charge on any atom is 0.339 e. The summed E-state index contributed by atoms with van der Waals surface area (Å²) in [6.07, 6.45) is 1.41. The molecule has 0 radical (unpaired) electrons. The van der Waals surface area contributed by atoms with Gasteiger partial charge in [-0.15, -0.1) is 0 Å². The highest BCUT2D eigenvalue weighted by Gasteiger charge is 2.19. The molecule has 9 heteroatoms. The fourth-order valence-electron chi connectivity index (χ4n) is 1.52. The van der Waals surface area contributed by atoms with Crippen molar-refractivity contribution in [2.75, 3.05) is 4.72 Å². The van der Waals surface area contributed by atoms with Crippen LogP contribution in [0.2, 0.25) is 0 Å². The average Bonchev–Trinajstić information content (AvgIpc) is 2.74. The van der Waals surface area contributed by atoms with Crippen LogP contribution in [0.5, 0.6) is 5.75 Å². The molecule has 8 nitrogen and oxygen atoms in total. The third kappa shape index (κ3) is 2.57. The van der Waals surface area contributed by atoms with Gasteiger partial charge in [-0.1, -0.05) is 0 Å². The summed E-state index contributed by atoms with van der Waals surface area (Å²) in [7, 11) is -2.41. The van der Waals surface area contributed by atoms with Gasteiger partial charge in [-0.05, 0) is 18.2 Å². The number of hydrogen-bond donors (Lipinski definition) is 3. The second-order valence-corrected chi connectivity index (χ2v) is 5.61. The molecule has 0 bridgehead atoms. The highest BCUT2D eigenvalue weighted by molar-refractivity contribution is 7.92. The Morgan fingerprint density at radius 2 is 2.05 bits per heavy atom. The fraction of sp³-hybridized carbons (Fsp3) is 0.0909. The number of aromatic carboxylic acids is 1. The van der Waals surface area contributed by atoms with Crippen molar-refractivity contribution >= 4 is 21.8 Å². The van der Waals surface area contributed by atoms with E-state index in [1.807, 2.05) is 0 Å². The van der Waals surface area contributed by atoms with E-state index in [1.165, 1.54) is 16.9 Å². The quantitative estimate of drug-likeness (QED) is 0.760. The van der Waals surface area contributed by atoms with E-state index in [-0.39, 0.29) is 10.7 Å². The minimum Gasteiger partial charge on any atom is -0.507 e. The van der Waals surface area contributed by atoms with Crippen molar-refractivity contribution in [1.29, 1.82) is 0 Å². The van der Waals surface area contributed by atoms with Crippen LogP contribution in [0, 0.1) is 0 Å². The number of carboxylic acid groups (broad SMARTS) is 1. The zero-order valence-corrected chi connectivity index (χ0v) is 11.1. The second-order valence-electron chi connectivity index (χ2n) is 3.93. The number of aromatic hydroxyl groups is 1. The van der Waals surface area contributed by atoms with E-state index < -0.39 is 27.3 Å². The van der Waals surface area contributed by atoms with E-state index >= 15 is 0 Å². The molecule has 0 aliphatic heterocycles. The zero-order valence-electron chi connectivity index (χ0n) is 10.3. The third-order valence-electron chi connectivity index (χ3n) is 2.57. The standard InChI is InChI=1S/C11H11N3O5S/c1-14-10(4-5-12-14)13-20(18,19)7-2-3-9(15)8(6-7)11(16)17/h2-6,13,15H,1H3,(H,16,17). The zero-order chi connectivity index (χ0) is 14.9. The monoisotopic (exact) mass is 297 g/mol. The molecule has 1 aromatic carbocycles. The van der Waals surface area contributed by atoms with Crippen LogP contribution < -0.4 is 4.72 Å². The van der Waals surface area contributed by atoms with Crippen molar-refractivity contribution in [3.63, 3.8) is 0 Å². The maximum atomic E-state index is 12.1. The smallest absolute Gasteiger partial charge is 0.339 e. The number of hydrogen-bond acceptors (Lipinski definition) is 5. The van der Waals surface area contributed by atoms with E-state index in [0.29, 0.717) is 0 Å². The first kappa shape index (κ1) is 13.9. The van der Waals surface area contributed by atoms with E-state index in [1.54, 1.807) is 7.05 Å². The number of nitrogens with zero attached hydrogens (tertiary/aromatic N) is 2. The van der Waals surface area contributed by atoms with Crippen molar-refractivity contribution in [3.05, 3.63) is 36.0 Å². The Morgan fingerprint density at radius 3 is 2.60 bits per heavy atom. The van der Waals surface area contributed by atoms with E-state index in [9.17, 15) is 18.3 Å². The molecule has 20 heavy (non-hydrogen) atoms. The van der Waals surface area contributed by atoms with Crippen LogP contribution in [0.15, 0.2) is 35.4 Å². The SMILES string of the molecule is Cn1nccc1NS(=O)(=O)c1ccc(O)c(C(=O)O)c1. The van der Waals surface area contributed by atoms with Crippen LogP contribution in [0.4, 0.5) is 5.82 Å². The van der Waals surface area contributed by atoms with Gasteiger partial charge in [-0.2, -0.15) is 5.10 Å². The lowest BCUT2D eigenvalue weighted by molar-refractivity contribution is 0.0693. The Balaban J connectivity index is 2.42. The first-order chi connectivity index (χ1) is 9.31. The maximum absolute atomic E-state index is 12.1. The Bertz CT molecular complexity index is 766. The molecule has 0 fully saturated rings. The summed E-state index contributed by atoms with van der Waals surface area (Å²) in [6.45, 7) is 0. The summed E-state index contributed by atoms with van der Waals surface area (Å²) in [5, 5.41) is 22.0. The lowest BCUT2D eigenvalue weighted by atomic mass is 10.2. The van der Waals surface area contributed by atoms with Crippen LogP contribution in [-0.4, -0.2) is 34.4 Å². The molecule has 0 unspecified atom stereocenters. The molecule has 1 aromatic heterocycles. The van der Waals surface area contributed by atoms with Crippen LogP contribution in [0.25, 0.3) is 0 Å². The lowest BCUT2D eigenvalue weighted by Gasteiger charge is -2.09. The molecular weight excluding hydrogens is 286 g/mol. The summed E-state index contributed by atoms with van der Waals surface area (Å²) in [5.74, 6) is -1.69. The minimum absolute atomic E-state index is 0.231. The number of nitrogens with one attached hydrogen (secondary N) is 1. The number of aryl methyl sites for hydroxylation is 1. The number of carboxylic acids is 1. The fourth-order valence-corrected chi connectivity index (χ4v) is 2.64. The minimum atomic E-state index is -3.96. The Hall–Kier alpha value is -2.55. The summed E-state index contributed by atoms with van der Waals surface area (Å²) < 4.78 is 27.8. The lowest BCUT2D eigenvalue weighted by Crippen LogP contribution is -2.16. The largest absolute Gasteiger partial charge is 0.507 e. The third-order valence-corrected chi connectivity index (χ3v) is 3.92. The molecule has 2 rings (SSSR count). The van der Waals surface area contributed by atoms with Crippen LogP contribution in [-0.2, 0) is 17.1 Å². The molecule has 0 amide bonds. The van der Waals surface area contributed by atoms with Crippen molar-refractivity contribution in [1.82, 2.24) is 9.78 Å². The molecule has 3 N–H and O–H groups in total. The molecule has 2 aromatic rings. The van der Waals surface area contributed by atoms with Crippen LogP contribution in [0.1, 0.15) is 10.4 Å². The highest BCUT2D eigenvalue weighted by Crippen LogP contribution is 2.22. The number of benzene rings is 1. The number of carbonyl (C=O) groups is 1. The van der Waals surface area contributed by atoms with Crippen LogP contribution >= 0.6 is 0 Å². The average molecular weight is 297 g/mol. The van der Waals surface area contributed by atoms with Gasteiger partial charge >= 0.3 is 5.97 Å². The summed E-state index contributed by atoms with van der Waals surface area (Å²) >= 11 is 0. The van der Waals surface area contributed by atoms with Crippen molar-refractivity contribution < 1.29 is 23.4 Å². The molecule has 0 saturated carbocycles. The second kappa shape index (κ2) is 4.85. The summed E-state index contributed by atoms with van der Waals surface area (Å²) in [5.41, 5.74) is -0.488. The number of rotatable bonds is 4. The Kier molecular flexibility index (Phi) is 3.36. The number of aromatic nitrogens is 2. The van der Waals surface area contributed by atoms with Gasteiger partial charge in [0.2, 0.25) is 0 Å². The van der Waals surface area contributed by atoms with Crippen molar-refractivity contribution in [3.8, 4) is 5.75 Å². The first-order valence-electron chi connectivity index (χ1n) is 5.38. The molecule has 0 aliphatic carbocycles. The van der Waals surface area contributed by atoms with Gasteiger partial charge in [0.15, 0.2) is 0 Å². The Morgan fingerprint density at radius 1 is 1.35 bits per heavy atom.